The first-order valence-corrected chi connectivity index (χ1v) is 12.3. The standard InChI is InChI=1S/C27H20Cl2N2O2S/c1-16-12-20(17(2)31(16)24-11-10-21(28)14-23(24)29)13-25-26(32)30(27(33)34-25)15-19-8-5-7-18-6-3-4-9-22(18)19/h3-14H,15H2,1-2H3/b25-13+. The van der Waals surface area contributed by atoms with Crippen molar-refractivity contribution in [1.29, 1.82) is 0 Å². The van der Waals surface area contributed by atoms with Crippen LogP contribution in [0.2, 0.25) is 10.0 Å². The Hall–Kier alpha value is -2.99. The zero-order valence-corrected chi connectivity index (χ0v) is 20.8. The van der Waals surface area contributed by atoms with E-state index in [4.69, 9.17) is 23.2 Å². The molecule has 1 saturated heterocycles. The number of aryl methyl sites for hydroxylation is 1. The van der Waals surface area contributed by atoms with Gasteiger partial charge in [0.25, 0.3) is 11.1 Å². The fourth-order valence-electron chi connectivity index (χ4n) is 4.35. The van der Waals surface area contributed by atoms with Crippen LogP contribution in [0.3, 0.4) is 0 Å². The summed E-state index contributed by atoms with van der Waals surface area (Å²) in [5.41, 5.74) is 4.49. The fourth-order valence-corrected chi connectivity index (χ4v) is 5.67. The molecule has 0 radical (unpaired) electrons. The van der Waals surface area contributed by atoms with E-state index in [2.05, 4.69) is 0 Å². The van der Waals surface area contributed by atoms with E-state index in [1.54, 1.807) is 18.2 Å². The molecule has 4 aromatic rings. The lowest BCUT2D eigenvalue weighted by molar-refractivity contribution is -0.123. The molecular weight excluding hydrogens is 487 g/mol. The number of hydrogen-bond donors (Lipinski definition) is 0. The van der Waals surface area contributed by atoms with E-state index < -0.39 is 0 Å². The number of hydrogen-bond acceptors (Lipinski definition) is 3. The van der Waals surface area contributed by atoms with Gasteiger partial charge in [0.05, 0.1) is 22.2 Å². The molecule has 4 nitrogen and oxygen atoms in total. The summed E-state index contributed by atoms with van der Waals surface area (Å²) in [6.45, 7) is 4.18. The van der Waals surface area contributed by atoms with Gasteiger partial charge < -0.3 is 4.57 Å². The van der Waals surface area contributed by atoms with Crippen LogP contribution in [0.15, 0.2) is 71.6 Å². The molecule has 0 unspecified atom stereocenters. The van der Waals surface area contributed by atoms with E-state index >= 15 is 0 Å². The summed E-state index contributed by atoms with van der Waals surface area (Å²) in [7, 11) is 0. The number of halogens is 2. The average Bonchev–Trinajstić information content (AvgIpc) is 3.23. The highest BCUT2D eigenvalue weighted by Gasteiger charge is 2.35. The van der Waals surface area contributed by atoms with Gasteiger partial charge in [-0.3, -0.25) is 14.5 Å². The van der Waals surface area contributed by atoms with Crippen LogP contribution in [0.25, 0.3) is 22.5 Å². The Kier molecular flexibility index (Phi) is 6.02. The number of amides is 2. The second kappa shape index (κ2) is 8.99. The van der Waals surface area contributed by atoms with Crippen molar-refractivity contribution in [2.45, 2.75) is 20.4 Å². The first-order valence-electron chi connectivity index (χ1n) is 10.7. The van der Waals surface area contributed by atoms with Crippen LogP contribution in [0, 0.1) is 13.8 Å². The van der Waals surface area contributed by atoms with Crippen LogP contribution in [-0.2, 0) is 11.3 Å². The molecule has 3 aromatic carbocycles. The van der Waals surface area contributed by atoms with E-state index in [9.17, 15) is 9.59 Å². The fraction of sp³-hybridized carbons (Fsp3) is 0.111. The molecule has 0 atom stereocenters. The minimum Gasteiger partial charge on any atom is -0.316 e. The second-order valence-corrected chi connectivity index (χ2v) is 10.0. The average molecular weight is 507 g/mol. The van der Waals surface area contributed by atoms with Crippen LogP contribution >= 0.6 is 35.0 Å². The maximum atomic E-state index is 13.2. The number of fused-ring (bicyclic) bond motifs is 1. The molecule has 5 rings (SSSR count). The quantitative estimate of drug-likeness (QED) is 0.265. The number of carbonyl (C=O) groups excluding carboxylic acids is 2. The molecule has 170 valence electrons. The van der Waals surface area contributed by atoms with Gasteiger partial charge in [0.15, 0.2) is 0 Å². The number of rotatable bonds is 4. The van der Waals surface area contributed by atoms with Crippen LogP contribution in [0.4, 0.5) is 4.79 Å². The van der Waals surface area contributed by atoms with Gasteiger partial charge in [0.1, 0.15) is 0 Å². The van der Waals surface area contributed by atoms with E-state index in [1.165, 1.54) is 4.90 Å². The maximum absolute atomic E-state index is 13.2. The minimum atomic E-state index is -0.280. The predicted octanol–water partition coefficient (Wildman–Crippen LogP) is 7.79. The zero-order chi connectivity index (χ0) is 24.0. The van der Waals surface area contributed by atoms with Gasteiger partial charge in [0, 0.05) is 16.4 Å². The molecule has 0 bridgehead atoms. The third-order valence-electron chi connectivity index (χ3n) is 5.99. The molecular formula is C27H20Cl2N2O2S. The SMILES string of the molecule is Cc1cc(/C=C2/SC(=O)N(Cc3cccc4ccccc34)C2=O)c(C)n1-c1ccc(Cl)cc1Cl. The molecule has 1 fully saturated rings. The Balaban J connectivity index is 1.46. The summed E-state index contributed by atoms with van der Waals surface area (Å²) >= 11 is 13.5. The molecule has 0 saturated carbocycles. The lowest BCUT2D eigenvalue weighted by atomic mass is 10.0. The molecule has 0 N–H and O–H groups in total. The number of nitrogens with zero attached hydrogens (tertiary/aromatic N) is 2. The summed E-state index contributed by atoms with van der Waals surface area (Å²) in [6.07, 6.45) is 1.79. The van der Waals surface area contributed by atoms with Crippen molar-refractivity contribution in [3.8, 4) is 5.69 Å². The predicted molar refractivity (Wildman–Crippen MR) is 141 cm³/mol. The Morgan fingerprint density at radius 2 is 1.71 bits per heavy atom. The third-order valence-corrected chi connectivity index (χ3v) is 7.43. The Morgan fingerprint density at radius 1 is 0.941 bits per heavy atom. The van der Waals surface area contributed by atoms with E-state index in [-0.39, 0.29) is 17.7 Å². The maximum Gasteiger partial charge on any atom is 0.293 e. The summed E-state index contributed by atoms with van der Waals surface area (Å²) in [5.74, 6) is -0.280. The zero-order valence-electron chi connectivity index (χ0n) is 18.5. The summed E-state index contributed by atoms with van der Waals surface area (Å²) in [5, 5.41) is 2.96. The minimum absolute atomic E-state index is 0.239. The van der Waals surface area contributed by atoms with E-state index in [0.717, 1.165) is 50.7 Å². The van der Waals surface area contributed by atoms with Gasteiger partial charge in [-0.2, -0.15) is 0 Å². The van der Waals surface area contributed by atoms with Gasteiger partial charge in [-0.25, -0.2) is 0 Å². The highest BCUT2D eigenvalue weighted by atomic mass is 35.5. The van der Waals surface area contributed by atoms with Gasteiger partial charge in [0.2, 0.25) is 0 Å². The van der Waals surface area contributed by atoms with Gasteiger partial charge in [-0.15, -0.1) is 0 Å². The molecule has 0 spiro atoms. The van der Waals surface area contributed by atoms with Gasteiger partial charge in [-0.1, -0.05) is 65.7 Å². The summed E-state index contributed by atoms with van der Waals surface area (Å²) in [6, 6.07) is 21.2. The molecule has 34 heavy (non-hydrogen) atoms. The molecule has 2 heterocycles. The van der Waals surface area contributed by atoms with Crippen LogP contribution in [0.5, 0.6) is 0 Å². The molecule has 7 heteroatoms. The molecule has 1 aliphatic rings. The highest BCUT2D eigenvalue weighted by molar-refractivity contribution is 8.18. The lowest BCUT2D eigenvalue weighted by Crippen LogP contribution is -2.27. The van der Waals surface area contributed by atoms with Crippen molar-refractivity contribution in [2.24, 2.45) is 0 Å². The van der Waals surface area contributed by atoms with Crippen molar-refractivity contribution in [3.63, 3.8) is 0 Å². The molecule has 1 aromatic heterocycles. The number of thioether (sulfide) groups is 1. The topological polar surface area (TPSA) is 42.3 Å². The second-order valence-electron chi connectivity index (χ2n) is 8.16. The van der Waals surface area contributed by atoms with Crippen molar-refractivity contribution in [3.05, 3.63) is 104 Å². The van der Waals surface area contributed by atoms with E-state index in [1.807, 2.05) is 73.0 Å². The van der Waals surface area contributed by atoms with E-state index in [0.29, 0.717) is 15.0 Å². The normalized spacial score (nSPS) is 15.2. The van der Waals surface area contributed by atoms with Crippen LogP contribution in [0.1, 0.15) is 22.5 Å². The monoisotopic (exact) mass is 506 g/mol. The summed E-state index contributed by atoms with van der Waals surface area (Å²) in [4.78, 5) is 27.7. The van der Waals surface area contributed by atoms with Crippen LogP contribution in [-0.4, -0.2) is 20.6 Å². The smallest absolute Gasteiger partial charge is 0.293 e. The van der Waals surface area contributed by atoms with Crippen molar-refractivity contribution < 1.29 is 9.59 Å². The first-order chi connectivity index (χ1) is 16.3. The van der Waals surface area contributed by atoms with Gasteiger partial charge >= 0.3 is 0 Å². The van der Waals surface area contributed by atoms with Gasteiger partial charge in [-0.05, 0) is 77.9 Å². The van der Waals surface area contributed by atoms with Crippen molar-refractivity contribution in [1.82, 2.24) is 9.47 Å². The molecule has 1 aliphatic heterocycles. The van der Waals surface area contributed by atoms with Crippen LogP contribution < -0.4 is 0 Å². The number of carbonyl (C=O) groups is 2. The highest BCUT2D eigenvalue weighted by Crippen LogP contribution is 2.36. The first kappa shape index (κ1) is 22.8. The van der Waals surface area contributed by atoms with Crippen molar-refractivity contribution >= 4 is 63.0 Å². The lowest BCUT2D eigenvalue weighted by Gasteiger charge is -2.14. The number of imide groups is 1. The largest absolute Gasteiger partial charge is 0.316 e. The number of benzene rings is 3. The Bertz CT molecular complexity index is 1500. The Morgan fingerprint density at radius 3 is 2.50 bits per heavy atom. The summed E-state index contributed by atoms with van der Waals surface area (Å²) < 4.78 is 2.02. The molecule has 0 aliphatic carbocycles. The number of aromatic nitrogens is 1. The third kappa shape index (κ3) is 4.05. The molecule has 2 amide bonds. The van der Waals surface area contributed by atoms with Crippen molar-refractivity contribution in [2.75, 3.05) is 0 Å². The Labute approximate surface area is 211 Å².